The zero-order valence-electron chi connectivity index (χ0n) is 15.3. The van der Waals surface area contributed by atoms with Crippen molar-refractivity contribution in [2.24, 2.45) is 5.41 Å². The Bertz CT molecular complexity index is 793. The number of nitrogens with zero attached hydrogens (tertiary/aromatic N) is 2. The van der Waals surface area contributed by atoms with Gasteiger partial charge in [0.15, 0.2) is 6.29 Å². The normalized spacial score (nSPS) is 10.8. The number of amides is 1. The third kappa shape index (κ3) is 4.47. The van der Waals surface area contributed by atoms with Crippen molar-refractivity contribution in [2.45, 2.75) is 20.8 Å². The summed E-state index contributed by atoms with van der Waals surface area (Å²) in [6.45, 7) is 5.33. The molecule has 1 amide bonds. The van der Waals surface area contributed by atoms with E-state index in [4.69, 9.17) is 14.2 Å². The summed E-state index contributed by atoms with van der Waals surface area (Å²) >= 11 is 0. The maximum Gasteiger partial charge on any atom is 0.328 e. The molecule has 0 fully saturated rings. The number of nitrogens with one attached hydrogen (secondary N) is 1. The van der Waals surface area contributed by atoms with E-state index in [1.165, 1.54) is 20.3 Å². The number of aromatic nitrogens is 2. The topological polar surface area (TPSA) is 99.6 Å². The molecular formula is C18H21N3O5. The van der Waals surface area contributed by atoms with Crippen LogP contribution in [0, 0.1) is 5.41 Å². The van der Waals surface area contributed by atoms with Gasteiger partial charge >= 0.3 is 6.01 Å². The van der Waals surface area contributed by atoms with E-state index in [1.807, 2.05) is 0 Å². The number of carbonyl (C=O) groups excluding carboxylic acids is 2. The van der Waals surface area contributed by atoms with Gasteiger partial charge in [-0.25, -0.2) is 0 Å². The number of hydrogen-bond acceptors (Lipinski definition) is 7. The van der Waals surface area contributed by atoms with E-state index in [2.05, 4.69) is 15.3 Å². The highest BCUT2D eigenvalue weighted by Gasteiger charge is 2.23. The lowest BCUT2D eigenvalue weighted by atomic mass is 9.95. The van der Waals surface area contributed by atoms with Crippen molar-refractivity contribution in [3.8, 4) is 23.5 Å². The first-order valence-corrected chi connectivity index (χ1v) is 7.83. The van der Waals surface area contributed by atoms with Crippen LogP contribution in [-0.4, -0.2) is 36.4 Å². The Kier molecular flexibility index (Phi) is 5.76. The Morgan fingerprint density at radius 3 is 2.23 bits per heavy atom. The van der Waals surface area contributed by atoms with Crippen molar-refractivity contribution in [3.05, 3.63) is 29.8 Å². The van der Waals surface area contributed by atoms with Crippen LogP contribution in [0.5, 0.6) is 23.5 Å². The second-order valence-corrected chi connectivity index (χ2v) is 6.38. The number of carbonyl (C=O) groups is 2. The largest absolute Gasteiger partial charge is 0.481 e. The Balaban J connectivity index is 2.37. The molecule has 0 radical (unpaired) electrons. The fourth-order valence-electron chi connectivity index (χ4n) is 1.91. The highest BCUT2D eigenvalue weighted by Crippen LogP contribution is 2.30. The van der Waals surface area contributed by atoms with Gasteiger partial charge in [-0.3, -0.25) is 9.59 Å². The molecule has 138 valence electrons. The van der Waals surface area contributed by atoms with Crippen LogP contribution in [0.1, 0.15) is 31.1 Å². The smallest absolute Gasteiger partial charge is 0.328 e. The first-order valence-electron chi connectivity index (χ1n) is 7.83. The first kappa shape index (κ1) is 19.2. The number of ether oxygens (including phenoxy) is 3. The van der Waals surface area contributed by atoms with E-state index in [0.717, 1.165) is 0 Å². The van der Waals surface area contributed by atoms with Gasteiger partial charge in [-0.2, -0.15) is 9.97 Å². The third-order valence-corrected chi connectivity index (χ3v) is 3.39. The first-order chi connectivity index (χ1) is 12.3. The average molecular weight is 359 g/mol. The predicted octanol–water partition coefficient (Wildman–Crippen LogP) is 3.08. The molecule has 8 heteroatoms. The lowest BCUT2D eigenvalue weighted by Gasteiger charge is -2.19. The maximum absolute atomic E-state index is 12.2. The van der Waals surface area contributed by atoms with Gasteiger partial charge in [-0.1, -0.05) is 26.8 Å². The number of anilines is 1. The van der Waals surface area contributed by atoms with Gasteiger partial charge in [0.05, 0.1) is 31.5 Å². The number of benzene rings is 1. The average Bonchev–Trinajstić information content (AvgIpc) is 2.60. The number of rotatable bonds is 6. The van der Waals surface area contributed by atoms with Crippen LogP contribution in [0.3, 0.4) is 0 Å². The van der Waals surface area contributed by atoms with Gasteiger partial charge in [0, 0.05) is 5.41 Å². The van der Waals surface area contributed by atoms with Crippen molar-refractivity contribution in [1.29, 1.82) is 0 Å². The number of hydrogen-bond donors (Lipinski definition) is 1. The summed E-state index contributed by atoms with van der Waals surface area (Å²) in [6, 6.07) is 6.29. The molecule has 1 heterocycles. The van der Waals surface area contributed by atoms with Crippen LogP contribution in [0.25, 0.3) is 0 Å². The minimum absolute atomic E-state index is 0.0522. The summed E-state index contributed by atoms with van der Waals surface area (Å²) in [7, 11) is 2.90. The van der Waals surface area contributed by atoms with Gasteiger partial charge in [0.25, 0.3) is 0 Å². The Labute approximate surface area is 151 Å². The zero-order valence-corrected chi connectivity index (χ0v) is 15.3. The van der Waals surface area contributed by atoms with Gasteiger partial charge in [0.2, 0.25) is 17.7 Å². The van der Waals surface area contributed by atoms with E-state index in [0.29, 0.717) is 12.0 Å². The highest BCUT2D eigenvalue weighted by atomic mass is 16.5. The van der Waals surface area contributed by atoms with Crippen LogP contribution >= 0.6 is 0 Å². The Hall–Kier alpha value is -3.16. The minimum atomic E-state index is -0.611. The van der Waals surface area contributed by atoms with Gasteiger partial charge in [-0.15, -0.1) is 0 Å². The molecular weight excluding hydrogens is 338 g/mol. The molecule has 8 nitrogen and oxygen atoms in total. The quantitative estimate of drug-likeness (QED) is 0.791. The maximum atomic E-state index is 12.2. The molecule has 2 rings (SSSR count). The SMILES string of the molecule is COc1cc(OC)nc(Oc2cccc(NC(=O)C(C)(C)C)c2C=O)n1. The molecule has 0 atom stereocenters. The van der Waals surface area contributed by atoms with Crippen molar-refractivity contribution >= 4 is 17.9 Å². The molecule has 0 saturated carbocycles. The summed E-state index contributed by atoms with van der Waals surface area (Å²) in [5.41, 5.74) is -0.0944. The van der Waals surface area contributed by atoms with E-state index in [9.17, 15) is 9.59 Å². The summed E-state index contributed by atoms with van der Waals surface area (Å²) in [5, 5.41) is 2.73. The van der Waals surface area contributed by atoms with E-state index < -0.39 is 5.41 Å². The summed E-state index contributed by atoms with van der Waals surface area (Å²) < 4.78 is 15.8. The summed E-state index contributed by atoms with van der Waals surface area (Å²) in [6.07, 6.45) is 0.602. The Morgan fingerprint density at radius 1 is 1.12 bits per heavy atom. The van der Waals surface area contributed by atoms with E-state index >= 15 is 0 Å². The molecule has 0 spiro atoms. The molecule has 26 heavy (non-hydrogen) atoms. The predicted molar refractivity (Wildman–Crippen MR) is 95.1 cm³/mol. The fraction of sp³-hybridized carbons (Fsp3) is 0.333. The molecule has 0 saturated heterocycles. The molecule has 1 aromatic carbocycles. The molecule has 0 aliphatic carbocycles. The van der Waals surface area contributed by atoms with Gasteiger partial charge in [-0.05, 0) is 12.1 Å². The zero-order chi connectivity index (χ0) is 19.3. The van der Waals surface area contributed by atoms with Crippen LogP contribution in [0.15, 0.2) is 24.3 Å². The van der Waals surface area contributed by atoms with Crippen LogP contribution in [0.4, 0.5) is 5.69 Å². The minimum Gasteiger partial charge on any atom is -0.481 e. The van der Waals surface area contributed by atoms with Crippen molar-refractivity contribution in [2.75, 3.05) is 19.5 Å². The van der Waals surface area contributed by atoms with Crippen LogP contribution in [0.2, 0.25) is 0 Å². The highest BCUT2D eigenvalue weighted by molar-refractivity contribution is 6.00. The van der Waals surface area contributed by atoms with Gasteiger partial charge in [0.1, 0.15) is 5.75 Å². The molecule has 2 aromatic rings. The molecule has 0 aliphatic rings. The third-order valence-electron chi connectivity index (χ3n) is 3.39. The van der Waals surface area contributed by atoms with Crippen molar-refractivity contribution in [1.82, 2.24) is 9.97 Å². The van der Waals surface area contributed by atoms with Crippen molar-refractivity contribution in [3.63, 3.8) is 0 Å². The molecule has 0 bridgehead atoms. The molecule has 1 N–H and O–H groups in total. The second-order valence-electron chi connectivity index (χ2n) is 6.38. The molecule has 0 aliphatic heterocycles. The standard InChI is InChI=1S/C18H21N3O5/c1-18(2,3)16(23)19-12-7-6-8-13(11(12)10-22)26-17-20-14(24-4)9-15(21-17)25-5/h6-10H,1-5H3,(H,19,23). The summed E-state index contributed by atoms with van der Waals surface area (Å²) in [4.78, 5) is 31.9. The Morgan fingerprint density at radius 2 is 1.73 bits per heavy atom. The lowest BCUT2D eigenvalue weighted by molar-refractivity contribution is -0.123. The van der Waals surface area contributed by atoms with Crippen LogP contribution < -0.4 is 19.5 Å². The number of aldehydes is 1. The second kappa shape index (κ2) is 7.81. The molecule has 0 unspecified atom stereocenters. The lowest BCUT2D eigenvalue weighted by Crippen LogP contribution is -2.28. The fourth-order valence-corrected chi connectivity index (χ4v) is 1.91. The molecule has 1 aromatic heterocycles. The monoisotopic (exact) mass is 359 g/mol. The van der Waals surface area contributed by atoms with E-state index in [1.54, 1.807) is 39.0 Å². The van der Waals surface area contributed by atoms with Gasteiger partial charge < -0.3 is 19.5 Å². The van der Waals surface area contributed by atoms with Crippen molar-refractivity contribution < 1.29 is 23.8 Å². The van der Waals surface area contributed by atoms with Crippen LogP contribution in [-0.2, 0) is 4.79 Å². The number of methoxy groups -OCH3 is 2. The summed E-state index contributed by atoms with van der Waals surface area (Å²) in [5.74, 6) is 0.465. The van der Waals surface area contributed by atoms with E-state index in [-0.39, 0.29) is 35.0 Å².